The molecule has 0 N–H and O–H groups in total. The van der Waals surface area contributed by atoms with Crippen molar-refractivity contribution in [3.05, 3.63) is 29.6 Å². The van der Waals surface area contributed by atoms with Crippen molar-refractivity contribution >= 4 is 9.04 Å². The second-order valence-electron chi connectivity index (χ2n) is 2.94. The maximum atomic E-state index is 13.0. The van der Waals surface area contributed by atoms with Crippen LogP contribution in [0.15, 0.2) is 18.2 Å². The van der Waals surface area contributed by atoms with Gasteiger partial charge in [0.1, 0.15) is 5.75 Å². The molecule has 0 bridgehead atoms. The van der Waals surface area contributed by atoms with Crippen molar-refractivity contribution in [1.29, 1.82) is 0 Å². The van der Waals surface area contributed by atoms with E-state index >= 15 is 0 Å². The molecule has 0 aliphatic heterocycles. The number of aryl methyl sites for hydroxylation is 1. The van der Waals surface area contributed by atoms with Gasteiger partial charge in [-0.2, -0.15) is 0 Å². The van der Waals surface area contributed by atoms with Crippen LogP contribution in [-0.2, 0) is 0 Å². The van der Waals surface area contributed by atoms with Crippen LogP contribution in [0.1, 0.15) is 5.56 Å². The van der Waals surface area contributed by atoms with E-state index in [2.05, 4.69) is 0 Å². The van der Waals surface area contributed by atoms with E-state index in [0.717, 1.165) is 5.56 Å². The molecule has 1 nitrogen and oxygen atoms in total. The number of hydrogen-bond donors (Lipinski definition) is 0. The van der Waals surface area contributed by atoms with Crippen LogP contribution >= 0.6 is 0 Å². The van der Waals surface area contributed by atoms with Gasteiger partial charge >= 0.3 is 0 Å². The summed E-state index contributed by atoms with van der Waals surface area (Å²) in [4.78, 5) is 0. The molecule has 0 aliphatic rings. The Balaban J connectivity index is 2.90. The highest BCUT2D eigenvalue weighted by atomic mass is 28.3. The Morgan fingerprint density at radius 3 is 2.58 bits per heavy atom. The summed E-state index contributed by atoms with van der Waals surface area (Å²) >= 11 is 0. The molecule has 0 amide bonds. The Morgan fingerprint density at radius 2 is 2.00 bits per heavy atom. The predicted octanol–water partition coefficient (Wildman–Crippen LogP) is 2.76. The summed E-state index contributed by atoms with van der Waals surface area (Å²) in [6.45, 7) is 5.88. The molecule has 0 saturated carbocycles. The van der Waals surface area contributed by atoms with Crippen molar-refractivity contribution in [2.24, 2.45) is 0 Å². The van der Waals surface area contributed by atoms with Crippen LogP contribution in [0.3, 0.4) is 0 Å². The second kappa shape index (κ2) is 3.71. The Bertz CT molecular complexity index is 273. The highest BCUT2D eigenvalue weighted by Gasteiger charge is 2.05. The van der Waals surface area contributed by atoms with Gasteiger partial charge in [0.05, 0.1) is 0 Å². The monoisotopic (exact) mass is 183 g/mol. The van der Waals surface area contributed by atoms with Gasteiger partial charge in [-0.05, 0) is 37.7 Å². The maximum Gasteiger partial charge on any atom is 0.274 e. The molecule has 1 radical (unpaired) electrons. The van der Waals surface area contributed by atoms with E-state index in [-0.39, 0.29) is 5.82 Å². The molecule has 0 fully saturated rings. The molecule has 0 aromatic heterocycles. The SMILES string of the molecule is Cc1ccc(F)c(O[Si](C)C)c1. The molecule has 0 aliphatic carbocycles. The van der Waals surface area contributed by atoms with Crippen LogP contribution in [0, 0.1) is 12.7 Å². The van der Waals surface area contributed by atoms with E-state index in [4.69, 9.17) is 4.43 Å². The highest BCUT2D eigenvalue weighted by molar-refractivity contribution is 6.49. The zero-order valence-corrected chi connectivity index (χ0v) is 8.52. The molecule has 12 heavy (non-hydrogen) atoms. The van der Waals surface area contributed by atoms with Gasteiger partial charge in [-0.15, -0.1) is 0 Å². The Labute approximate surface area is 73.9 Å². The van der Waals surface area contributed by atoms with Gasteiger partial charge in [0.2, 0.25) is 0 Å². The van der Waals surface area contributed by atoms with Gasteiger partial charge in [-0.3, -0.25) is 0 Å². The van der Waals surface area contributed by atoms with E-state index < -0.39 is 9.04 Å². The van der Waals surface area contributed by atoms with Crippen LogP contribution < -0.4 is 4.43 Å². The predicted molar refractivity (Wildman–Crippen MR) is 49.2 cm³/mol. The number of benzene rings is 1. The smallest absolute Gasteiger partial charge is 0.274 e. The molecule has 1 aromatic rings. The summed E-state index contributed by atoms with van der Waals surface area (Å²) in [5.74, 6) is 0.112. The Hall–Kier alpha value is -0.833. The zero-order valence-electron chi connectivity index (χ0n) is 7.52. The molecule has 0 spiro atoms. The van der Waals surface area contributed by atoms with Crippen molar-refractivity contribution in [2.75, 3.05) is 0 Å². The molecule has 3 heteroatoms. The Morgan fingerprint density at radius 1 is 1.33 bits per heavy atom. The molecule has 65 valence electrons. The summed E-state index contributed by atoms with van der Waals surface area (Å²) in [6.07, 6.45) is 0. The molecule has 1 rings (SSSR count). The first-order valence-electron chi connectivity index (χ1n) is 3.84. The molecule has 0 heterocycles. The van der Waals surface area contributed by atoms with Gasteiger partial charge < -0.3 is 4.43 Å². The molecule has 0 saturated heterocycles. The molecular weight excluding hydrogens is 171 g/mol. The van der Waals surface area contributed by atoms with Crippen LogP contribution in [0.4, 0.5) is 4.39 Å². The minimum Gasteiger partial charge on any atom is -0.541 e. The van der Waals surface area contributed by atoms with Crippen molar-refractivity contribution < 1.29 is 8.82 Å². The minimum absolute atomic E-state index is 0.271. The lowest BCUT2D eigenvalue weighted by Crippen LogP contribution is -2.12. The van der Waals surface area contributed by atoms with Crippen molar-refractivity contribution in [1.82, 2.24) is 0 Å². The summed E-state index contributed by atoms with van der Waals surface area (Å²) in [7, 11) is -0.866. The standard InChI is InChI=1S/C9H12FOSi/c1-7-4-5-8(10)9(6-7)11-12(2)3/h4-6H,1-3H3. The molecular formula is C9H12FOSi. The maximum absolute atomic E-state index is 13.0. The first kappa shape index (κ1) is 9.26. The van der Waals surface area contributed by atoms with Crippen LogP contribution in [0.25, 0.3) is 0 Å². The van der Waals surface area contributed by atoms with Gasteiger partial charge in [-0.1, -0.05) is 6.07 Å². The molecule has 1 aromatic carbocycles. The Kier molecular flexibility index (Phi) is 2.86. The average Bonchev–Trinajstić information content (AvgIpc) is 1.96. The van der Waals surface area contributed by atoms with Crippen LogP contribution in [0.2, 0.25) is 13.1 Å². The summed E-state index contributed by atoms with van der Waals surface area (Å²) in [6, 6.07) is 4.91. The first-order chi connectivity index (χ1) is 5.59. The average molecular weight is 183 g/mol. The van der Waals surface area contributed by atoms with Crippen molar-refractivity contribution in [2.45, 2.75) is 20.0 Å². The lowest BCUT2D eigenvalue weighted by Gasteiger charge is -2.09. The third kappa shape index (κ3) is 2.34. The third-order valence-electron chi connectivity index (χ3n) is 1.40. The van der Waals surface area contributed by atoms with Gasteiger partial charge in [0.25, 0.3) is 9.04 Å². The topological polar surface area (TPSA) is 9.23 Å². The van der Waals surface area contributed by atoms with Crippen molar-refractivity contribution in [3.8, 4) is 5.75 Å². The summed E-state index contributed by atoms with van der Waals surface area (Å²) < 4.78 is 18.4. The number of hydrogen-bond acceptors (Lipinski definition) is 1. The number of halogens is 1. The minimum atomic E-state index is -0.866. The van der Waals surface area contributed by atoms with Crippen LogP contribution in [0.5, 0.6) is 5.75 Å². The van der Waals surface area contributed by atoms with Gasteiger partial charge in [0, 0.05) is 0 Å². The van der Waals surface area contributed by atoms with E-state index in [9.17, 15) is 4.39 Å². The summed E-state index contributed by atoms with van der Waals surface area (Å²) in [5, 5.41) is 0. The molecule has 0 atom stereocenters. The van der Waals surface area contributed by atoms with Gasteiger partial charge in [0.15, 0.2) is 5.82 Å². The fourth-order valence-electron chi connectivity index (χ4n) is 0.909. The van der Waals surface area contributed by atoms with E-state index in [1.807, 2.05) is 20.0 Å². The summed E-state index contributed by atoms with van der Waals surface area (Å²) in [5.41, 5.74) is 1.02. The molecule has 0 unspecified atom stereocenters. The van der Waals surface area contributed by atoms with E-state index in [0.29, 0.717) is 5.75 Å². The van der Waals surface area contributed by atoms with Crippen molar-refractivity contribution in [3.63, 3.8) is 0 Å². The fraction of sp³-hybridized carbons (Fsp3) is 0.333. The number of rotatable bonds is 2. The largest absolute Gasteiger partial charge is 0.541 e. The highest BCUT2D eigenvalue weighted by Crippen LogP contribution is 2.18. The van der Waals surface area contributed by atoms with Gasteiger partial charge in [-0.25, -0.2) is 4.39 Å². The van der Waals surface area contributed by atoms with E-state index in [1.165, 1.54) is 6.07 Å². The normalized spacial score (nSPS) is 10.4. The second-order valence-corrected chi connectivity index (χ2v) is 4.96. The lowest BCUT2D eigenvalue weighted by atomic mass is 10.2. The quantitative estimate of drug-likeness (QED) is 0.641. The zero-order chi connectivity index (χ0) is 9.14. The van der Waals surface area contributed by atoms with Crippen LogP contribution in [-0.4, -0.2) is 9.04 Å². The fourth-order valence-corrected chi connectivity index (χ4v) is 1.50. The first-order valence-corrected chi connectivity index (χ1v) is 6.24. The lowest BCUT2D eigenvalue weighted by molar-refractivity contribution is 0.508. The third-order valence-corrected chi connectivity index (χ3v) is 2.03. The van der Waals surface area contributed by atoms with E-state index in [1.54, 1.807) is 12.1 Å².